The molecule has 0 aliphatic carbocycles. The Balaban J connectivity index is 1.81. The minimum atomic E-state index is -0.109. The molecule has 6 nitrogen and oxygen atoms in total. The Bertz CT molecular complexity index is 645. The van der Waals surface area contributed by atoms with E-state index in [4.69, 9.17) is 4.74 Å². The smallest absolute Gasteiger partial charge is 0.225 e. The van der Waals surface area contributed by atoms with Crippen molar-refractivity contribution < 1.29 is 9.84 Å². The van der Waals surface area contributed by atoms with Crippen LogP contribution in [0.1, 0.15) is 19.8 Å². The number of nitrogens with zero attached hydrogens (tertiary/aromatic N) is 2. The van der Waals surface area contributed by atoms with Gasteiger partial charge in [-0.05, 0) is 19.8 Å². The molecule has 3 rings (SSSR count). The second kappa shape index (κ2) is 8.08. The maximum absolute atomic E-state index is 9.25. The van der Waals surface area contributed by atoms with Crippen molar-refractivity contribution in [1.82, 2.24) is 9.97 Å². The Morgan fingerprint density at radius 2 is 2.12 bits per heavy atom. The molecule has 0 bridgehead atoms. The van der Waals surface area contributed by atoms with E-state index < -0.39 is 0 Å². The molecule has 1 fully saturated rings. The third-order valence-corrected chi connectivity index (χ3v) is 3.98. The van der Waals surface area contributed by atoms with Gasteiger partial charge in [-0.1, -0.05) is 30.3 Å². The van der Waals surface area contributed by atoms with E-state index >= 15 is 0 Å². The van der Waals surface area contributed by atoms with Crippen LogP contribution < -0.4 is 10.6 Å². The monoisotopic (exact) mass is 328 g/mol. The summed E-state index contributed by atoms with van der Waals surface area (Å²) in [7, 11) is 0. The number of anilines is 2. The fraction of sp³-hybridized carbons (Fsp3) is 0.444. The summed E-state index contributed by atoms with van der Waals surface area (Å²) >= 11 is 0. The highest BCUT2D eigenvalue weighted by molar-refractivity contribution is 5.64. The summed E-state index contributed by atoms with van der Waals surface area (Å²) in [5.74, 6) is 1.26. The van der Waals surface area contributed by atoms with Crippen LogP contribution in [0.2, 0.25) is 0 Å². The summed E-state index contributed by atoms with van der Waals surface area (Å²) in [4.78, 5) is 9.07. The largest absolute Gasteiger partial charge is 0.394 e. The van der Waals surface area contributed by atoms with Crippen LogP contribution in [0, 0.1) is 0 Å². The van der Waals surface area contributed by atoms with E-state index in [0.717, 1.165) is 43.1 Å². The van der Waals surface area contributed by atoms with Crippen molar-refractivity contribution in [2.45, 2.75) is 31.9 Å². The summed E-state index contributed by atoms with van der Waals surface area (Å²) in [5, 5.41) is 15.7. The van der Waals surface area contributed by atoms with Gasteiger partial charge in [0.1, 0.15) is 5.82 Å². The predicted octanol–water partition coefficient (Wildman–Crippen LogP) is 2.53. The van der Waals surface area contributed by atoms with Crippen LogP contribution in [0.4, 0.5) is 11.8 Å². The zero-order valence-corrected chi connectivity index (χ0v) is 13.9. The van der Waals surface area contributed by atoms with Gasteiger partial charge in [-0.2, -0.15) is 4.98 Å². The first kappa shape index (κ1) is 16.7. The molecular weight excluding hydrogens is 304 g/mol. The number of hydrogen-bond acceptors (Lipinski definition) is 6. The number of aromatic nitrogens is 2. The van der Waals surface area contributed by atoms with Gasteiger partial charge in [0.15, 0.2) is 0 Å². The molecule has 1 aromatic heterocycles. The van der Waals surface area contributed by atoms with E-state index in [1.807, 2.05) is 43.3 Å². The average Bonchev–Trinajstić information content (AvgIpc) is 3.14. The first-order valence-corrected chi connectivity index (χ1v) is 8.42. The highest BCUT2D eigenvalue weighted by atomic mass is 16.5. The molecule has 0 saturated carbocycles. The Labute approximate surface area is 142 Å². The van der Waals surface area contributed by atoms with Crippen LogP contribution in [0.25, 0.3) is 11.3 Å². The van der Waals surface area contributed by atoms with Gasteiger partial charge in [-0.25, -0.2) is 4.98 Å². The van der Waals surface area contributed by atoms with Crippen LogP contribution in [0.5, 0.6) is 0 Å². The van der Waals surface area contributed by atoms with Crippen molar-refractivity contribution in [1.29, 1.82) is 0 Å². The van der Waals surface area contributed by atoms with Crippen LogP contribution in [-0.4, -0.2) is 47.0 Å². The maximum atomic E-state index is 9.25. The first-order valence-electron chi connectivity index (χ1n) is 8.42. The van der Waals surface area contributed by atoms with Gasteiger partial charge in [0.05, 0.1) is 18.4 Å². The molecule has 0 spiro atoms. The van der Waals surface area contributed by atoms with Crippen LogP contribution in [0.3, 0.4) is 0 Å². The summed E-state index contributed by atoms with van der Waals surface area (Å²) in [5.41, 5.74) is 1.87. The minimum absolute atomic E-state index is 0.0254. The van der Waals surface area contributed by atoms with Crippen molar-refractivity contribution in [2.75, 3.05) is 30.4 Å². The van der Waals surface area contributed by atoms with Crippen molar-refractivity contribution in [3.8, 4) is 11.3 Å². The van der Waals surface area contributed by atoms with Crippen LogP contribution in [0.15, 0.2) is 36.4 Å². The Hall–Kier alpha value is -2.18. The number of aliphatic hydroxyl groups is 1. The molecule has 1 saturated heterocycles. The molecule has 1 aromatic carbocycles. The lowest BCUT2D eigenvalue weighted by molar-refractivity contribution is 0.120. The summed E-state index contributed by atoms with van der Waals surface area (Å²) in [6, 6.07) is 11.8. The fourth-order valence-electron chi connectivity index (χ4n) is 2.65. The lowest BCUT2D eigenvalue weighted by atomic mass is 10.1. The van der Waals surface area contributed by atoms with Crippen molar-refractivity contribution in [3.05, 3.63) is 36.4 Å². The number of aliphatic hydroxyl groups excluding tert-OH is 1. The van der Waals surface area contributed by atoms with Gasteiger partial charge in [-0.15, -0.1) is 0 Å². The molecule has 2 atom stereocenters. The lowest BCUT2D eigenvalue weighted by Gasteiger charge is -2.15. The fourth-order valence-corrected chi connectivity index (χ4v) is 2.65. The zero-order valence-electron chi connectivity index (χ0n) is 13.9. The van der Waals surface area contributed by atoms with Gasteiger partial charge in [0, 0.05) is 30.8 Å². The summed E-state index contributed by atoms with van der Waals surface area (Å²) in [6.45, 7) is 3.49. The number of benzene rings is 1. The highest BCUT2D eigenvalue weighted by Gasteiger charge is 2.16. The number of ether oxygens (including phenoxy) is 1. The van der Waals surface area contributed by atoms with Crippen molar-refractivity contribution >= 4 is 11.8 Å². The molecule has 0 amide bonds. The molecule has 24 heavy (non-hydrogen) atoms. The Kier molecular flexibility index (Phi) is 5.61. The highest BCUT2D eigenvalue weighted by Crippen LogP contribution is 2.22. The molecule has 2 aromatic rings. The quantitative estimate of drug-likeness (QED) is 0.725. The third-order valence-electron chi connectivity index (χ3n) is 3.98. The molecule has 6 heteroatoms. The van der Waals surface area contributed by atoms with Gasteiger partial charge in [0.25, 0.3) is 0 Å². The third kappa shape index (κ3) is 4.43. The van der Waals surface area contributed by atoms with Crippen LogP contribution in [-0.2, 0) is 4.74 Å². The number of rotatable bonds is 7. The molecule has 2 heterocycles. The van der Waals surface area contributed by atoms with Crippen molar-refractivity contribution in [3.63, 3.8) is 0 Å². The van der Waals surface area contributed by atoms with E-state index in [-0.39, 0.29) is 18.8 Å². The Morgan fingerprint density at radius 3 is 2.83 bits per heavy atom. The SMILES string of the molecule is C[C@H](CO)Nc1nc(NC[C@H]2CCCO2)cc(-c2ccccc2)n1. The van der Waals surface area contributed by atoms with E-state index in [1.165, 1.54) is 0 Å². The zero-order chi connectivity index (χ0) is 16.8. The van der Waals surface area contributed by atoms with Crippen molar-refractivity contribution in [2.24, 2.45) is 0 Å². The molecule has 0 unspecified atom stereocenters. The molecule has 128 valence electrons. The van der Waals surface area contributed by atoms with E-state index in [0.29, 0.717) is 5.95 Å². The molecule has 0 radical (unpaired) electrons. The van der Waals surface area contributed by atoms with E-state index in [1.54, 1.807) is 0 Å². The molecule has 3 N–H and O–H groups in total. The first-order chi connectivity index (χ1) is 11.7. The second-order valence-electron chi connectivity index (χ2n) is 6.07. The molecule has 1 aliphatic heterocycles. The lowest BCUT2D eigenvalue weighted by Crippen LogP contribution is -2.22. The number of nitrogens with one attached hydrogen (secondary N) is 2. The number of hydrogen-bond donors (Lipinski definition) is 3. The summed E-state index contributed by atoms with van der Waals surface area (Å²) in [6.07, 6.45) is 2.44. The molecule has 1 aliphatic rings. The van der Waals surface area contributed by atoms with E-state index in [9.17, 15) is 5.11 Å². The Morgan fingerprint density at radius 1 is 1.29 bits per heavy atom. The maximum Gasteiger partial charge on any atom is 0.225 e. The predicted molar refractivity (Wildman–Crippen MR) is 95.1 cm³/mol. The standard InChI is InChI=1S/C18H24N4O2/c1-13(12-23)20-18-21-16(14-6-3-2-4-7-14)10-17(22-18)19-11-15-8-5-9-24-15/h2-4,6-7,10,13,15,23H,5,8-9,11-12H2,1H3,(H2,19,20,21,22)/t13-,15-/m1/s1. The van der Waals surface area contributed by atoms with Gasteiger partial charge in [0.2, 0.25) is 5.95 Å². The van der Waals surface area contributed by atoms with Crippen LogP contribution >= 0.6 is 0 Å². The molecular formula is C18H24N4O2. The minimum Gasteiger partial charge on any atom is -0.394 e. The van der Waals surface area contributed by atoms with E-state index in [2.05, 4.69) is 20.6 Å². The average molecular weight is 328 g/mol. The van der Waals surface area contributed by atoms with Gasteiger partial charge < -0.3 is 20.5 Å². The summed E-state index contributed by atoms with van der Waals surface area (Å²) < 4.78 is 5.65. The van der Waals surface area contributed by atoms with Gasteiger partial charge >= 0.3 is 0 Å². The normalized spacial score (nSPS) is 18.3. The second-order valence-corrected chi connectivity index (χ2v) is 6.07. The topological polar surface area (TPSA) is 79.3 Å². The van der Waals surface area contributed by atoms with Gasteiger partial charge in [-0.3, -0.25) is 0 Å².